The molecule has 2 aromatic heterocycles. The number of hydrogen-bond acceptors (Lipinski definition) is 18. The SMILES string of the molecule is CC(C)OC(=O)N[C@@H]1CC[C@@H](c2ncc(Br)s2)OC1.CC(C)OC(=O)Nc1ccc(-c2cnc(C3CC[C@@H](NC(=O)OC(C)C)CO3)s2)c(S(=O)(=O)NC(C)(C)C)c1.Cc1ccc(NC(=O)OC(C)C)cc1S(=O)(=O)NC(C)(C)C. The molecule has 6 rings (SSSR count). The summed E-state index contributed by atoms with van der Waals surface area (Å²) >= 11 is 6.32. The number of amides is 4. The molecule has 446 valence electrons. The molecule has 27 heteroatoms. The first-order chi connectivity index (χ1) is 37.1. The number of aryl methyl sites for hydroxylation is 1. The van der Waals surface area contributed by atoms with Gasteiger partial charge in [0.1, 0.15) is 22.2 Å². The lowest BCUT2D eigenvalue weighted by molar-refractivity contribution is -0.00533. The molecule has 0 saturated carbocycles. The molecule has 2 aliphatic heterocycles. The van der Waals surface area contributed by atoms with Gasteiger partial charge in [0.05, 0.1) is 74.4 Å². The number of nitrogens with zero attached hydrogens (tertiary/aromatic N) is 2. The summed E-state index contributed by atoms with van der Waals surface area (Å²) in [5.41, 5.74) is 0.381. The maximum Gasteiger partial charge on any atom is 0.411 e. The third kappa shape index (κ3) is 23.5. The van der Waals surface area contributed by atoms with Crippen LogP contribution in [0.3, 0.4) is 0 Å². The van der Waals surface area contributed by atoms with E-state index in [-0.39, 0.29) is 70.3 Å². The number of ether oxygens (including phenoxy) is 6. The van der Waals surface area contributed by atoms with E-state index >= 15 is 0 Å². The Morgan fingerprint density at radius 2 is 0.988 bits per heavy atom. The molecule has 1 unspecified atom stereocenters. The highest BCUT2D eigenvalue weighted by molar-refractivity contribution is 9.11. The topological polar surface area (TPSA) is 290 Å². The molecule has 0 spiro atoms. The minimum absolute atomic E-state index is 0.00691. The van der Waals surface area contributed by atoms with Crippen LogP contribution in [0.1, 0.15) is 150 Å². The monoisotopic (exact) mass is 1260 g/mol. The van der Waals surface area contributed by atoms with Gasteiger partial charge in [-0.1, -0.05) is 12.1 Å². The van der Waals surface area contributed by atoms with E-state index in [1.165, 1.54) is 23.5 Å². The van der Waals surface area contributed by atoms with Crippen LogP contribution in [0, 0.1) is 6.92 Å². The molecule has 0 radical (unpaired) electrons. The van der Waals surface area contributed by atoms with Crippen molar-refractivity contribution in [2.24, 2.45) is 0 Å². The number of alkyl carbamates (subject to hydrolysis) is 2. The van der Waals surface area contributed by atoms with Gasteiger partial charge in [0.15, 0.2) is 0 Å². The average molecular weight is 1260 g/mol. The Bertz CT molecular complexity index is 2920. The lowest BCUT2D eigenvalue weighted by Crippen LogP contribution is -2.42. The molecule has 0 bridgehead atoms. The minimum atomic E-state index is -3.97. The Labute approximate surface area is 487 Å². The number of anilines is 2. The van der Waals surface area contributed by atoms with Crippen molar-refractivity contribution in [1.29, 1.82) is 0 Å². The fourth-order valence-corrected chi connectivity index (χ4v) is 13.3. The normalized spacial score (nSPS) is 17.8. The summed E-state index contributed by atoms with van der Waals surface area (Å²) in [5.74, 6) is 0. The van der Waals surface area contributed by atoms with Gasteiger partial charge in [-0.2, -0.15) is 0 Å². The molecule has 0 aliphatic carbocycles. The highest BCUT2D eigenvalue weighted by atomic mass is 79.9. The van der Waals surface area contributed by atoms with Crippen LogP contribution < -0.4 is 30.7 Å². The van der Waals surface area contributed by atoms with Gasteiger partial charge in [0.25, 0.3) is 0 Å². The van der Waals surface area contributed by atoms with Crippen molar-refractivity contribution >= 4 is 94.4 Å². The lowest BCUT2D eigenvalue weighted by Gasteiger charge is -2.28. The Hall–Kier alpha value is -5.00. The number of rotatable bonds is 15. The van der Waals surface area contributed by atoms with Gasteiger partial charge in [-0.25, -0.2) is 55.4 Å². The van der Waals surface area contributed by atoms with E-state index in [2.05, 4.69) is 56.6 Å². The maximum atomic E-state index is 13.4. The lowest BCUT2D eigenvalue weighted by atomic mass is 10.1. The second-order valence-corrected chi connectivity index (χ2v) is 28.8. The second kappa shape index (κ2) is 29.8. The number of thiazole rings is 2. The summed E-state index contributed by atoms with van der Waals surface area (Å²) < 4.78 is 90.0. The molecule has 2 aliphatic rings. The zero-order valence-electron chi connectivity index (χ0n) is 48.1. The van der Waals surface area contributed by atoms with Gasteiger partial charge in [0.2, 0.25) is 20.0 Å². The average Bonchev–Trinajstić information content (AvgIpc) is 4.00. The van der Waals surface area contributed by atoms with E-state index in [9.17, 15) is 36.0 Å². The van der Waals surface area contributed by atoms with Crippen LogP contribution in [0.5, 0.6) is 0 Å². The molecule has 4 heterocycles. The van der Waals surface area contributed by atoms with E-state index in [1.54, 1.807) is 138 Å². The number of nitrogens with one attached hydrogen (secondary N) is 6. The zero-order chi connectivity index (χ0) is 59.9. The van der Waals surface area contributed by atoms with E-state index in [0.29, 0.717) is 52.8 Å². The Morgan fingerprint density at radius 1 is 0.588 bits per heavy atom. The molecular weight excluding hydrogens is 1180 g/mol. The molecule has 6 N–H and O–H groups in total. The molecule has 2 saturated heterocycles. The highest BCUT2D eigenvalue weighted by Gasteiger charge is 2.31. The summed E-state index contributed by atoms with van der Waals surface area (Å²) in [6.07, 6.45) is 3.19. The van der Waals surface area contributed by atoms with Gasteiger partial charge >= 0.3 is 24.4 Å². The second-order valence-electron chi connectivity index (χ2n) is 22.0. The van der Waals surface area contributed by atoms with Crippen molar-refractivity contribution in [2.75, 3.05) is 23.8 Å². The molecular formula is C53H79BrN8O14S4. The molecule has 22 nitrogen and oxygen atoms in total. The molecule has 4 amide bonds. The van der Waals surface area contributed by atoms with Crippen molar-refractivity contribution in [3.8, 4) is 10.4 Å². The van der Waals surface area contributed by atoms with Gasteiger partial charge in [0, 0.05) is 34.2 Å². The number of aromatic nitrogens is 2. The Morgan fingerprint density at radius 3 is 1.39 bits per heavy atom. The largest absolute Gasteiger partial charge is 0.447 e. The first kappa shape index (κ1) is 67.5. The number of carbonyl (C=O) groups is 4. The third-order valence-corrected chi connectivity index (χ3v) is 16.9. The van der Waals surface area contributed by atoms with Gasteiger partial charge in [-0.15, -0.1) is 22.7 Å². The van der Waals surface area contributed by atoms with E-state index < -0.39 is 49.4 Å². The van der Waals surface area contributed by atoms with E-state index in [1.807, 2.05) is 13.8 Å². The zero-order valence-corrected chi connectivity index (χ0v) is 53.0. The van der Waals surface area contributed by atoms with Crippen molar-refractivity contribution in [1.82, 2.24) is 30.0 Å². The number of hydrogen-bond donors (Lipinski definition) is 6. The number of carbonyl (C=O) groups excluding carboxylic acids is 4. The van der Waals surface area contributed by atoms with Crippen LogP contribution in [0.15, 0.2) is 62.4 Å². The van der Waals surface area contributed by atoms with Crippen molar-refractivity contribution in [2.45, 2.75) is 199 Å². The van der Waals surface area contributed by atoms with Crippen molar-refractivity contribution in [3.05, 3.63) is 68.2 Å². The summed E-state index contributed by atoms with van der Waals surface area (Å²) in [6.45, 7) is 27.2. The first-order valence-corrected chi connectivity index (χ1v) is 31.5. The third-order valence-electron chi connectivity index (χ3n) is 10.5. The van der Waals surface area contributed by atoms with Crippen LogP contribution in [0.25, 0.3) is 10.4 Å². The number of sulfonamides is 2. The minimum Gasteiger partial charge on any atom is -0.447 e. The quantitative estimate of drug-likeness (QED) is 0.0603. The number of halogens is 1. The van der Waals surface area contributed by atoms with Gasteiger partial charge < -0.3 is 39.1 Å². The highest BCUT2D eigenvalue weighted by Crippen LogP contribution is 2.39. The Kier molecular flexibility index (Phi) is 25.2. The smallest absolute Gasteiger partial charge is 0.411 e. The summed E-state index contributed by atoms with van der Waals surface area (Å²) in [4.78, 5) is 56.7. The van der Waals surface area contributed by atoms with E-state index in [4.69, 9.17) is 28.4 Å². The van der Waals surface area contributed by atoms with Crippen LogP contribution in [-0.4, -0.2) is 112 Å². The summed E-state index contributed by atoms with van der Waals surface area (Å²) in [6, 6.07) is 9.23. The predicted octanol–water partition coefficient (Wildman–Crippen LogP) is 11.5. The summed E-state index contributed by atoms with van der Waals surface area (Å²) in [7, 11) is -7.64. The predicted molar refractivity (Wildman–Crippen MR) is 312 cm³/mol. The fourth-order valence-electron chi connectivity index (χ4n) is 7.56. The van der Waals surface area contributed by atoms with Crippen LogP contribution >= 0.6 is 38.6 Å². The van der Waals surface area contributed by atoms with Crippen molar-refractivity contribution < 1.29 is 64.4 Å². The van der Waals surface area contributed by atoms with Crippen LogP contribution in [-0.2, 0) is 48.5 Å². The Balaban J connectivity index is 0.000000283. The summed E-state index contributed by atoms with van der Waals surface area (Å²) in [5, 5.41) is 12.4. The standard InChI is InChI=1S/C26H38N4O7S2.C15H24N2O4S.C12H17BrN2O3S/c1-15(2)36-24(31)28-17-8-10-19(22(12-17)39(33,34)30-26(5,6)7)21-13-27-23(38-21)20-11-9-18(14-35-20)29-25(32)37-16(3)4;1-10(2)21-14(18)16-12-8-7-11(3)13(9-12)22(19,20)17-15(4,5)6;1-7(2)18-12(16)15-8-3-4-9(17-6-8)11-14-5-10(13)19-11/h8,10,12-13,15-16,18,20,30H,9,11,14H2,1-7H3,(H,28,31)(H,29,32);7-10,17H,1-6H3,(H,16,18);5,7-9H,3-4,6H2,1-2H3,(H,15,16)/t18-,20?;;8-,9+/m1.1/s1. The molecule has 4 atom stereocenters. The fraction of sp³-hybridized carbons (Fsp3) is 0.585. The van der Waals surface area contributed by atoms with Gasteiger partial charge in [-0.05, 0) is 175 Å². The van der Waals surface area contributed by atoms with Gasteiger partial charge in [-0.3, -0.25) is 10.6 Å². The first-order valence-electron chi connectivity index (χ1n) is 26.1. The van der Waals surface area contributed by atoms with E-state index in [0.717, 1.165) is 21.6 Å². The van der Waals surface area contributed by atoms with Crippen LogP contribution in [0.2, 0.25) is 0 Å². The molecule has 2 aromatic carbocycles. The van der Waals surface area contributed by atoms with Crippen molar-refractivity contribution in [3.63, 3.8) is 0 Å². The molecule has 2 fully saturated rings. The maximum absolute atomic E-state index is 13.4. The number of benzene rings is 2. The molecule has 80 heavy (non-hydrogen) atoms. The molecule has 4 aromatic rings. The van der Waals surface area contributed by atoms with Crippen LogP contribution in [0.4, 0.5) is 30.6 Å².